The summed E-state index contributed by atoms with van der Waals surface area (Å²) in [6, 6.07) is -0.919. The molecule has 1 aliphatic heterocycles. The topological polar surface area (TPSA) is 83.9 Å². The first-order chi connectivity index (χ1) is 7.88. The van der Waals surface area contributed by atoms with Gasteiger partial charge in [-0.15, -0.1) is 0 Å². The van der Waals surface area contributed by atoms with Gasteiger partial charge in [-0.25, -0.2) is 8.42 Å². The van der Waals surface area contributed by atoms with Gasteiger partial charge >= 0.3 is 5.97 Å². The van der Waals surface area contributed by atoms with Gasteiger partial charge in [0.15, 0.2) is 0 Å². The molecule has 1 saturated heterocycles. The highest BCUT2D eigenvalue weighted by Crippen LogP contribution is 2.21. The van der Waals surface area contributed by atoms with Gasteiger partial charge in [0, 0.05) is 13.7 Å². The molecule has 6 nitrogen and oxygen atoms in total. The van der Waals surface area contributed by atoms with Crippen molar-refractivity contribution in [3.63, 3.8) is 0 Å². The van der Waals surface area contributed by atoms with E-state index in [0.29, 0.717) is 12.8 Å². The molecule has 1 N–H and O–H groups in total. The molecule has 0 saturated carbocycles. The van der Waals surface area contributed by atoms with E-state index in [4.69, 9.17) is 9.84 Å². The Bertz CT molecular complexity index is 367. The van der Waals surface area contributed by atoms with Gasteiger partial charge in [0.05, 0.1) is 11.9 Å². The Morgan fingerprint density at radius 2 is 2.18 bits per heavy atom. The highest BCUT2D eigenvalue weighted by Gasteiger charge is 2.37. The van der Waals surface area contributed by atoms with E-state index in [9.17, 15) is 13.2 Å². The number of piperidine rings is 1. The Labute approximate surface area is 102 Å². The molecule has 1 rings (SSSR count). The van der Waals surface area contributed by atoms with Crippen LogP contribution in [0, 0.1) is 0 Å². The third-order valence-electron chi connectivity index (χ3n) is 2.94. The lowest BCUT2D eigenvalue weighted by Gasteiger charge is -2.32. The van der Waals surface area contributed by atoms with Gasteiger partial charge in [-0.3, -0.25) is 4.79 Å². The molecule has 7 heteroatoms. The standard InChI is InChI=1S/C10H19NO5S/c1-8(16-2)7-17(14,15)11-6-4-3-5-9(11)10(12)13/h8-9H,3-7H2,1-2H3,(H,12,13). The number of hydrogen-bond donors (Lipinski definition) is 1. The predicted octanol–water partition coefficient (Wildman–Crippen LogP) is 0.290. The minimum absolute atomic E-state index is 0.173. The highest BCUT2D eigenvalue weighted by atomic mass is 32.2. The minimum Gasteiger partial charge on any atom is -0.480 e. The fraction of sp³-hybridized carbons (Fsp3) is 0.900. The summed E-state index contributed by atoms with van der Waals surface area (Å²) in [5.41, 5.74) is 0. The molecule has 0 spiro atoms. The van der Waals surface area contributed by atoms with Crippen molar-refractivity contribution in [1.82, 2.24) is 4.31 Å². The van der Waals surface area contributed by atoms with Crippen LogP contribution in [0.15, 0.2) is 0 Å². The van der Waals surface area contributed by atoms with Gasteiger partial charge < -0.3 is 9.84 Å². The molecule has 0 aromatic heterocycles. The number of carbonyl (C=O) groups is 1. The second-order valence-corrected chi connectivity index (χ2v) is 6.25. The molecule has 2 atom stereocenters. The van der Waals surface area contributed by atoms with Crippen molar-refractivity contribution in [2.24, 2.45) is 0 Å². The average Bonchev–Trinajstić information content (AvgIpc) is 2.28. The van der Waals surface area contributed by atoms with Gasteiger partial charge in [0.1, 0.15) is 6.04 Å². The number of nitrogens with zero attached hydrogens (tertiary/aromatic N) is 1. The van der Waals surface area contributed by atoms with E-state index in [-0.39, 0.29) is 12.3 Å². The molecule has 0 amide bonds. The lowest BCUT2D eigenvalue weighted by Crippen LogP contribution is -2.49. The molecular formula is C10H19NO5S. The first-order valence-corrected chi connectivity index (χ1v) is 7.24. The van der Waals surface area contributed by atoms with E-state index in [1.54, 1.807) is 6.92 Å². The number of hydrogen-bond acceptors (Lipinski definition) is 4. The fourth-order valence-electron chi connectivity index (χ4n) is 1.95. The summed E-state index contributed by atoms with van der Waals surface area (Å²) in [4.78, 5) is 11.0. The zero-order chi connectivity index (χ0) is 13.1. The minimum atomic E-state index is -3.56. The largest absolute Gasteiger partial charge is 0.480 e. The molecule has 0 radical (unpaired) electrons. The number of methoxy groups -OCH3 is 1. The SMILES string of the molecule is COC(C)CS(=O)(=O)N1CCCCC1C(=O)O. The lowest BCUT2D eigenvalue weighted by molar-refractivity contribution is -0.142. The van der Waals surface area contributed by atoms with Crippen LogP contribution in [-0.2, 0) is 19.6 Å². The summed E-state index contributed by atoms with van der Waals surface area (Å²) in [6.07, 6.45) is 1.42. The van der Waals surface area contributed by atoms with E-state index < -0.39 is 28.1 Å². The Kier molecular flexibility index (Phi) is 4.91. The van der Waals surface area contributed by atoms with Crippen LogP contribution < -0.4 is 0 Å². The zero-order valence-corrected chi connectivity index (χ0v) is 10.9. The summed E-state index contributed by atoms with van der Waals surface area (Å²) in [7, 11) is -2.13. The Hall–Kier alpha value is -0.660. The average molecular weight is 265 g/mol. The number of carboxylic acid groups (broad SMARTS) is 1. The number of aliphatic carboxylic acids is 1. The van der Waals surface area contributed by atoms with Crippen LogP contribution >= 0.6 is 0 Å². The smallest absolute Gasteiger partial charge is 0.322 e. The van der Waals surface area contributed by atoms with Gasteiger partial charge in [-0.2, -0.15) is 4.31 Å². The van der Waals surface area contributed by atoms with Crippen LogP contribution in [0.3, 0.4) is 0 Å². The maximum absolute atomic E-state index is 12.1. The second kappa shape index (κ2) is 5.79. The molecule has 1 heterocycles. The number of ether oxygens (including phenoxy) is 1. The van der Waals surface area contributed by atoms with Gasteiger partial charge in [-0.1, -0.05) is 0 Å². The molecule has 0 aromatic rings. The summed E-state index contributed by atoms with van der Waals surface area (Å²) >= 11 is 0. The molecule has 1 fully saturated rings. The first-order valence-electron chi connectivity index (χ1n) is 5.63. The maximum Gasteiger partial charge on any atom is 0.322 e. The lowest BCUT2D eigenvalue weighted by atomic mass is 10.1. The summed E-state index contributed by atoms with van der Waals surface area (Å²) < 4.78 is 30.1. The van der Waals surface area contributed by atoms with E-state index in [1.807, 2.05) is 0 Å². The second-order valence-electron chi connectivity index (χ2n) is 4.29. The molecule has 0 bridgehead atoms. The number of sulfonamides is 1. The van der Waals surface area contributed by atoms with E-state index >= 15 is 0 Å². The molecule has 2 unspecified atom stereocenters. The number of rotatable bonds is 5. The zero-order valence-electron chi connectivity index (χ0n) is 10.1. The number of carboxylic acids is 1. The Balaban J connectivity index is 2.83. The summed E-state index contributed by atoms with van der Waals surface area (Å²) in [5, 5.41) is 9.03. The molecule has 0 aromatic carbocycles. The van der Waals surface area contributed by atoms with E-state index in [1.165, 1.54) is 7.11 Å². The summed E-state index contributed by atoms with van der Waals surface area (Å²) in [6.45, 7) is 1.94. The van der Waals surface area contributed by atoms with E-state index in [2.05, 4.69) is 0 Å². The van der Waals surface area contributed by atoms with Gasteiger partial charge in [0.2, 0.25) is 10.0 Å². The van der Waals surface area contributed by atoms with Gasteiger partial charge in [-0.05, 0) is 26.2 Å². The van der Waals surface area contributed by atoms with Crippen molar-refractivity contribution in [2.75, 3.05) is 19.4 Å². The third-order valence-corrected chi connectivity index (χ3v) is 4.99. The van der Waals surface area contributed by atoms with Crippen molar-refractivity contribution in [2.45, 2.75) is 38.3 Å². The Morgan fingerprint density at radius 1 is 1.53 bits per heavy atom. The third kappa shape index (κ3) is 3.65. The van der Waals surface area contributed by atoms with Crippen molar-refractivity contribution >= 4 is 16.0 Å². The van der Waals surface area contributed by atoms with Crippen molar-refractivity contribution in [3.05, 3.63) is 0 Å². The predicted molar refractivity (Wildman–Crippen MR) is 62.2 cm³/mol. The first kappa shape index (κ1) is 14.4. The Morgan fingerprint density at radius 3 is 2.71 bits per heavy atom. The normalized spacial score (nSPS) is 24.5. The fourth-order valence-corrected chi connectivity index (χ4v) is 3.86. The molecule has 17 heavy (non-hydrogen) atoms. The van der Waals surface area contributed by atoms with Crippen LogP contribution in [0.5, 0.6) is 0 Å². The van der Waals surface area contributed by atoms with Crippen molar-refractivity contribution in [3.8, 4) is 0 Å². The monoisotopic (exact) mass is 265 g/mol. The highest BCUT2D eigenvalue weighted by molar-refractivity contribution is 7.89. The molecule has 1 aliphatic rings. The van der Waals surface area contributed by atoms with Crippen molar-refractivity contribution in [1.29, 1.82) is 0 Å². The van der Waals surface area contributed by atoms with E-state index in [0.717, 1.165) is 10.7 Å². The molecule has 100 valence electrons. The van der Waals surface area contributed by atoms with Crippen molar-refractivity contribution < 1.29 is 23.1 Å². The summed E-state index contributed by atoms with van der Waals surface area (Å²) in [5.74, 6) is -1.24. The van der Waals surface area contributed by atoms with Crippen LogP contribution in [0.4, 0.5) is 0 Å². The maximum atomic E-state index is 12.1. The van der Waals surface area contributed by atoms with Crippen LogP contribution in [0.2, 0.25) is 0 Å². The molecular weight excluding hydrogens is 246 g/mol. The van der Waals surface area contributed by atoms with Crippen LogP contribution in [0.25, 0.3) is 0 Å². The molecule has 0 aliphatic carbocycles. The van der Waals surface area contributed by atoms with Crippen LogP contribution in [0.1, 0.15) is 26.2 Å². The van der Waals surface area contributed by atoms with Crippen LogP contribution in [-0.4, -0.2) is 55.4 Å². The quantitative estimate of drug-likeness (QED) is 0.772. The van der Waals surface area contributed by atoms with Gasteiger partial charge in [0.25, 0.3) is 0 Å².